The van der Waals surface area contributed by atoms with Gasteiger partial charge in [0.05, 0.1) is 29.7 Å². The van der Waals surface area contributed by atoms with Crippen LogP contribution in [0.25, 0.3) is 11.0 Å². The summed E-state index contributed by atoms with van der Waals surface area (Å²) in [5, 5.41) is 3.32. The third-order valence-corrected chi connectivity index (χ3v) is 7.34. The molecular weight excluding hydrogens is 481 g/mol. The fraction of sp³-hybridized carbons (Fsp3) is 0.286. The number of H-pyrrole nitrogens is 1. The smallest absolute Gasteiger partial charge is 0.142 e. The molecule has 1 fully saturated rings. The minimum absolute atomic E-state index is 0.210. The Morgan fingerprint density at radius 1 is 0.857 bits per heavy atom. The quantitative estimate of drug-likeness (QED) is 0.305. The lowest BCUT2D eigenvalue weighted by atomic mass is 9.76. The molecular formula is C28H27Cl2N3O2. The zero-order valence-electron chi connectivity index (χ0n) is 19.6. The number of piperidine rings is 1. The average molecular weight is 508 g/mol. The molecule has 0 spiro atoms. The molecule has 4 aromatic rings. The second kappa shape index (κ2) is 10.1. The van der Waals surface area contributed by atoms with Crippen LogP contribution in [0, 0.1) is 11.8 Å². The van der Waals surface area contributed by atoms with Crippen LogP contribution in [-0.2, 0) is 16.1 Å². The maximum absolute atomic E-state index is 13.4. The highest BCUT2D eigenvalue weighted by atomic mass is 35.5. The number of carbonyl (C=O) groups excluding carboxylic acids is 1. The third kappa shape index (κ3) is 4.87. The number of para-hydroxylation sites is 2. The molecule has 3 aromatic carbocycles. The summed E-state index contributed by atoms with van der Waals surface area (Å²) in [6.07, 6.45) is 0.614. The van der Waals surface area contributed by atoms with Gasteiger partial charge in [-0.1, -0.05) is 73.4 Å². The Morgan fingerprint density at radius 2 is 1.40 bits per heavy atom. The number of nitrogens with one attached hydrogen (secondary N) is 1. The number of imidazole rings is 1. The van der Waals surface area contributed by atoms with Crippen LogP contribution in [0.2, 0.25) is 10.0 Å². The number of hydroxylamine groups is 2. The van der Waals surface area contributed by atoms with E-state index in [1.165, 1.54) is 0 Å². The topological polar surface area (TPSA) is 58.2 Å². The predicted molar refractivity (Wildman–Crippen MR) is 139 cm³/mol. The molecule has 2 heterocycles. The highest BCUT2D eigenvalue weighted by molar-refractivity contribution is 6.30. The van der Waals surface area contributed by atoms with Crippen molar-refractivity contribution in [1.82, 2.24) is 15.0 Å². The van der Waals surface area contributed by atoms with Gasteiger partial charge in [-0.15, -0.1) is 0 Å². The highest BCUT2D eigenvalue weighted by Gasteiger charge is 2.47. The number of nitrogens with zero attached hydrogens (tertiary/aromatic N) is 2. The lowest BCUT2D eigenvalue weighted by molar-refractivity contribution is -0.246. The zero-order valence-corrected chi connectivity index (χ0v) is 21.1. The number of halogens is 2. The van der Waals surface area contributed by atoms with E-state index in [0.29, 0.717) is 23.1 Å². The van der Waals surface area contributed by atoms with Crippen molar-refractivity contribution in [3.8, 4) is 0 Å². The molecule has 35 heavy (non-hydrogen) atoms. The van der Waals surface area contributed by atoms with Crippen molar-refractivity contribution in [2.45, 2.75) is 32.4 Å². The lowest BCUT2D eigenvalue weighted by Gasteiger charge is -2.47. The number of ketones is 1. The maximum atomic E-state index is 13.4. The van der Waals surface area contributed by atoms with E-state index in [4.69, 9.17) is 28.0 Å². The first kappa shape index (κ1) is 24.0. The summed E-state index contributed by atoms with van der Waals surface area (Å²) in [6.45, 7) is 4.37. The number of hydrogen-bond donors (Lipinski definition) is 1. The fourth-order valence-corrected chi connectivity index (χ4v) is 5.32. The van der Waals surface area contributed by atoms with Gasteiger partial charge in [0.1, 0.15) is 11.6 Å². The normalized spacial score (nSPS) is 23.1. The number of fused-ring (bicyclic) bond motifs is 1. The number of carbonyl (C=O) groups is 1. The molecule has 1 aliphatic rings. The maximum Gasteiger partial charge on any atom is 0.142 e. The molecule has 2 unspecified atom stereocenters. The van der Waals surface area contributed by atoms with Crippen LogP contribution in [-0.4, -0.2) is 27.4 Å². The number of benzene rings is 3. The van der Waals surface area contributed by atoms with Crippen LogP contribution in [0.5, 0.6) is 0 Å². The molecule has 4 atom stereocenters. The minimum Gasteiger partial charge on any atom is -0.342 e. The standard InChI is InChI=1S/C28H27Cl2N3O2/c1-17-26(19-7-11-21(29)12-8-19)33(27(18(2)28(17)34)20-9-13-22(30)14-10-20)35-16-15-25-31-23-5-3-4-6-24(23)32-25/h3-14,17-18,26-27H,15-16H2,1-2H3,(H,31,32)/t17-,18+,26?,27?. The Bertz CT molecular complexity index is 1230. The zero-order chi connectivity index (χ0) is 24.5. The van der Waals surface area contributed by atoms with Crippen molar-refractivity contribution < 1.29 is 9.63 Å². The van der Waals surface area contributed by atoms with Gasteiger partial charge in [-0.05, 0) is 47.5 Å². The Labute approximate surface area is 215 Å². The summed E-state index contributed by atoms with van der Waals surface area (Å²) >= 11 is 12.3. The van der Waals surface area contributed by atoms with Crippen LogP contribution in [0.15, 0.2) is 72.8 Å². The molecule has 0 aliphatic carbocycles. The van der Waals surface area contributed by atoms with Gasteiger partial charge in [0.25, 0.3) is 0 Å². The lowest BCUT2D eigenvalue weighted by Crippen LogP contribution is -2.49. The first-order valence-corrected chi connectivity index (χ1v) is 12.6. The van der Waals surface area contributed by atoms with Crippen molar-refractivity contribution in [3.05, 3.63) is 99.8 Å². The van der Waals surface area contributed by atoms with E-state index in [-0.39, 0.29) is 29.7 Å². The van der Waals surface area contributed by atoms with Crippen molar-refractivity contribution in [1.29, 1.82) is 0 Å². The van der Waals surface area contributed by atoms with Crippen molar-refractivity contribution in [2.75, 3.05) is 6.61 Å². The van der Waals surface area contributed by atoms with Gasteiger partial charge in [-0.25, -0.2) is 4.98 Å². The summed E-state index contributed by atoms with van der Waals surface area (Å²) in [4.78, 5) is 28.0. The number of aromatic nitrogens is 2. The molecule has 0 amide bonds. The van der Waals surface area contributed by atoms with Crippen LogP contribution < -0.4 is 0 Å². The summed E-state index contributed by atoms with van der Waals surface area (Å²) in [7, 11) is 0. The van der Waals surface area contributed by atoms with E-state index in [1.807, 2.05) is 91.7 Å². The molecule has 5 nitrogen and oxygen atoms in total. The Balaban J connectivity index is 1.47. The van der Waals surface area contributed by atoms with E-state index in [1.54, 1.807) is 0 Å². The van der Waals surface area contributed by atoms with Gasteiger partial charge < -0.3 is 4.98 Å². The van der Waals surface area contributed by atoms with Gasteiger partial charge >= 0.3 is 0 Å². The Kier molecular flexibility index (Phi) is 6.94. The second-order valence-electron chi connectivity index (χ2n) is 9.12. The number of rotatable bonds is 6. The van der Waals surface area contributed by atoms with E-state index in [9.17, 15) is 4.79 Å². The molecule has 1 saturated heterocycles. The van der Waals surface area contributed by atoms with Crippen molar-refractivity contribution in [2.24, 2.45) is 11.8 Å². The first-order chi connectivity index (χ1) is 16.9. The summed E-state index contributed by atoms with van der Waals surface area (Å²) in [5.41, 5.74) is 3.92. The van der Waals surface area contributed by atoms with Gasteiger partial charge in [0, 0.05) is 28.3 Å². The summed E-state index contributed by atoms with van der Waals surface area (Å²) < 4.78 is 0. The van der Waals surface area contributed by atoms with Crippen molar-refractivity contribution >= 4 is 40.0 Å². The molecule has 180 valence electrons. The molecule has 7 heteroatoms. The summed E-state index contributed by atoms with van der Waals surface area (Å²) in [5.74, 6) is 0.579. The second-order valence-corrected chi connectivity index (χ2v) is 9.99. The van der Waals surface area contributed by atoms with Crippen LogP contribution >= 0.6 is 23.2 Å². The first-order valence-electron chi connectivity index (χ1n) is 11.8. The monoisotopic (exact) mass is 507 g/mol. The number of hydrogen-bond acceptors (Lipinski definition) is 4. The van der Waals surface area contributed by atoms with Crippen molar-refractivity contribution in [3.63, 3.8) is 0 Å². The highest BCUT2D eigenvalue weighted by Crippen LogP contribution is 2.46. The predicted octanol–water partition coefficient (Wildman–Crippen LogP) is 6.98. The van der Waals surface area contributed by atoms with Gasteiger partial charge in [-0.3, -0.25) is 9.63 Å². The van der Waals surface area contributed by atoms with Crippen LogP contribution in [0.1, 0.15) is 42.9 Å². The van der Waals surface area contributed by atoms with E-state index in [2.05, 4.69) is 9.97 Å². The average Bonchev–Trinajstić information content (AvgIpc) is 3.28. The SMILES string of the molecule is C[C@@H]1C(=O)[C@H](C)C(c2ccc(Cl)cc2)N(OCCc2nc3ccccc3[nH]2)C1c1ccc(Cl)cc1. The number of aromatic amines is 1. The van der Waals surface area contributed by atoms with E-state index in [0.717, 1.165) is 28.0 Å². The van der Waals surface area contributed by atoms with Gasteiger partial charge in [-0.2, -0.15) is 5.06 Å². The fourth-order valence-electron chi connectivity index (χ4n) is 5.06. The molecule has 1 N–H and O–H groups in total. The third-order valence-electron chi connectivity index (χ3n) is 6.83. The molecule has 0 bridgehead atoms. The molecule has 0 saturated carbocycles. The molecule has 0 radical (unpaired) electrons. The summed E-state index contributed by atoms with van der Waals surface area (Å²) in [6, 6.07) is 22.8. The largest absolute Gasteiger partial charge is 0.342 e. The molecule has 1 aromatic heterocycles. The molecule has 1 aliphatic heterocycles. The van der Waals surface area contributed by atoms with Gasteiger partial charge in [0.15, 0.2) is 0 Å². The van der Waals surface area contributed by atoms with E-state index < -0.39 is 0 Å². The Morgan fingerprint density at radius 3 is 1.94 bits per heavy atom. The Hall–Kier alpha value is -2.70. The molecule has 5 rings (SSSR count). The number of Topliss-reactive ketones (excluding diaryl/α,β-unsaturated/α-hetero) is 1. The van der Waals surface area contributed by atoms with Gasteiger partial charge in [0.2, 0.25) is 0 Å². The van der Waals surface area contributed by atoms with Crippen LogP contribution in [0.4, 0.5) is 0 Å². The van der Waals surface area contributed by atoms with Crippen LogP contribution in [0.3, 0.4) is 0 Å². The van der Waals surface area contributed by atoms with E-state index >= 15 is 0 Å². The minimum atomic E-state index is -0.257.